The fourth-order valence-electron chi connectivity index (χ4n) is 4.64. The number of amides is 1. The van der Waals surface area contributed by atoms with Gasteiger partial charge in [-0.05, 0) is 43.9 Å². The smallest absolute Gasteiger partial charge is 0.251 e. The SMILES string of the molecule is COc1cc(OC)cc(C(=O)NCC2CCC3(CCN(Cc4ccccc4F)CC3)O2)c1. The summed E-state index contributed by atoms with van der Waals surface area (Å²) in [6.07, 6.45) is 3.78. The molecule has 172 valence electrons. The molecule has 0 radical (unpaired) electrons. The van der Waals surface area contributed by atoms with Gasteiger partial charge in [-0.3, -0.25) is 9.69 Å². The molecule has 6 nitrogen and oxygen atoms in total. The minimum absolute atomic E-state index is 0.00423. The van der Waals surface area contributed by atoms with Crippen LogP contribution in [0.2, 0.25) is 0 Å². The highest BCUT2D eigenvalue weighted by atomic mass is 19.1. The highest BCUT2D eigenvalue weighted by Crippen LogP contribution is 2.39. The third-order valence-corrected chi connectivity index (χ3v) is 6.56. The fraction of sp³-hybridized carbons (Fsp3) is 0.480. The monoisotopic (exact) mass is 442 g/mol. The molecule has 2 aliphatic rings. The van der Waals surface area contributed by atoms with Crippen LogP contribution in [0.1, 0.15) is 41.6 Å². The molecule has 2 aromatic carbocycles. The van der Waals surface area contributed by atoms with Crippen molar-refractivity contribution in [3.05, 3.63) is 59.4 Å². The molecule has 4 rings (SSSR count). The number of hydrogen-bond acceptors (Lipinski definition) is 5. The average Bonchev–Trinajstić information content (AvgIpc) is 3.22. The number of halogens is 1. The Hall–Kier alpha value is -2.64. The summed E-state index contributed by atoms with van der Waals surface area (Å²) in [5.74, 6) is 0.834. The molecule has 2 saturated heterocycles. The number of likely N-dealkylation sites (tertiary alicyclic amines) is 1. The van der Waals surface area contributed by atoms with Crippen molar-refractivity contribution < 1.29 is 23.4 Å². The van der Waals surface area contributed by atoms with E-state index in [1.165, 1.54) is 6.07 Å². The summed E-state index contributed by atoms with van der Waals surface area (Å²) in [5.41, 5.74) is 1.11. The van der Waals surface area contributed by atoms with Gasteiger partial charge in [0.1, 0.15) is 17.3 Å². The van der Waals surface area contributed by atoms with E-state index in [0.29, 0.717) is 30.2 Å². The molecule has 0 bridgehead atoms. The molecule has 32 heavy (non-hydrogen) atoms. The number of rotatable bonds is 7. The predicted octanol–water partition coefficient (Wildman–Crippen LogP) is 3.79. The van der Waals surface area contributed by atoms with Crippen LogP contribution in [0.3, 0.4) is 0 Å². The van der Waals surface area contributed by atoms with Gasteiger partial charge in [0, 0.05) is 43.4 Å². The molecule has 0 aliphatic carbocycles. The van der Waals surface area contributed by atoms with Crippen LogP contribution in [0.5, 0.6) is 11.5 Å². The zero-order valence-corrected chi connectivity index (χ0v) is 18.7. The van der Waals surface area contributed by atoms with Crippen molar-refractivity contribution in [2.45, 2.75) is 43.9 Å². The number of hydrogen-bond donors (Lipinski definition) is 1. The van der Waals surface area contributed by atoms with E-state index >= 15 is 0 Å². The molecule has 1 unspecified atom stereocenters. The molecule has 1 amide bonds. The van der Waals surface area contributed by atoms with E-state index in [9.17, 15) is 9.18 Å². The summed E-state index contributed by atoms with van der Waals surface area (Å²) in [4.78, 5) is 14.9. The second-order valence-corrected chi connectivity index (χ2v) is 8.64. The number of ether oxygens (including phenoxy) is 3. The first-order valence-electron chi connectivity index (χ1n) is 11.2. The number of carbonyl (C=O) groups excluding carboxylic acids is 1. The summed E-state index contributed by atoms with van der Waals surface area (Å²) in [6.45, 7) is 2.87. The van der Waals surface area contributed by atoms with Gasteiger partial charge < -0.3 is 19.5 Å². The molecule has 1 atom stereocenters. The van der Waals surface area contributed by atoms with Gasteiger partial charge >= 0.3 is 0 Å². The van der Waals surface area contributed by atoms with Crippen molar-refractivity contribution >= 4 is 5.91 Å². The number of benzene rings is 2. The minimum atomic E-state index is -0.175. The van der Waals surface area contributed by atoms with E-state index in [4.69, 9.17) is 14.2 Å². The van der Waals surface area contributed by atoms with Gasteiger partial charge in [0.05, 0.1) is 25.9 Å². The lowest BCUT2D eigenvalue weighted by molar-refractivity contribution is -0.0765. The maximum absolute atomic E-state index is 13.9. The average molecular weight is 443 g/mol. The molecule has 0 aromatic heterocycles. The Morgan fingerprint density at radius 2 is 1.81 bits per heavy atom. The van der Waals surface area contributed by atoms with Gasteiger partial charge in [0.2, 0.25) is 0 Å². The normalized spacial score (nSPS) is 20.3. The van der Waals surface area contributed by atoms with E-state index in [0.717, 1.165) is 44.3 Å². The first-order valence-corrected chi connectivity index (χ1v) is 11.2. The van der Waals surface area contributed by atoms with Crippen LogP contribution >= 0.6 is 0 Å². The maximum atomic E-state index is 13.9. The van der Waals surface area contributed by atoms with Crippen molar-refractivity contribution in [2.75, 3.05) is 33.9 Å². The van der Waals surface area contributed by atoms with E-state index in [2.05, 4.69) is 10.2 Å². The summed E-state index contributed by atoms with van der Waals surface area (Å²) < 4.78 is 30.9. The second-order valence-electron chi connectivity index (χ2n) is 8.64. The number of piperidine rings is 1. The summed E-state index contributed by atoms with van der Waals surface area (Å²) >= 11 is 0. The zero-order valence-electron chi connectivity index (χ0n) is 18.7. The standard InChI is InChI=1S/C25H31FN2O4/c1-30-21-13-19(14-22(15-21)31-2)24(29)27-16-20-7-8-25(32-20)9-11-28(12-10-25)17-18-5-3-4-6-23(18)26/h3-6,13-15,20H,7-12,16-17H2,1-2H3,(H,27,29). The van der Waals surface area contributed by atoms with Crippen LogP contribution in [0.25, 0.3) is 0 Å². The van der Waals surface area contributed by atoms with Crippen molar-refractivity contribution in [3.8, 4) is 11.5 Å². The third kappa shape index (κ3) is 5.22. The second kappa shape index (κ2) is 9.88. The number of nitrogens with one attached hydrogen (secondary N) is 1. The summed E-state index contributed by atoms with van der Waals surface area (Å²) in [7, 11) is 3.12. The maximum Gasteiger partial charge on any atom is 0.251 e. The lowest BCUT2D eigenvalue weighted by Crippen LogP contribution is -2.45. The van der Waals surface area contributed by atoms with Crippen molar-refractivity contribution in [2.24, 2.45) is 0 Å². The van der Waals surface area contributed by atoms with Gasteiger partial charge in [-0.25, -0.2) is 4.39 Å². The Bertz CT molecular complexity index is 921. The van der Waals surface area contributed by atoms with E-state index in [1.54, 1.807) is 38.5 Å². The lowest BCUT2D eigenvalue weighted by Gasteiger charge is -2.39. The highest BCUT2D eigenvalue weighted by molar-refractivity contribution is 5.95. The third-order valence-electron chi connectivity index (χ3n) is 6.56. The highest BCUT2D eigenvalue weighted by Gasteiger charge is 2.42. The largest absolute Gasteiger partial charge is 0.497 e. The Labute approximate surface area is 188 Å². The molecular weight excluding hydrogens is 411 g/mol. The minimum Gasteiger partial charge on any atom is -0.497 e. The van der Waals surface area contributed by atoms with Gasteiger partial charge in [-0.15, -0.1) is 0 Å². The zero-order chi connectivity index (χ0) is 22.6. The quantitative estimate of drug-likeness (QED) is 0.707. The molecule has 7 heteroatoms. The molecule has 2 heterocycles. The number of nitrogens with zero attached hydrogens (tertiary/aromatic N) is 1. The van der Waals surface area contributed by atoms with Crippen molar-refractivity contribution in [1.82, 2.24) is 10.2 Å². The molecule has 1 N–H and O–H groups in total. The van der Waals surface area contributed by atoms with Crippen LogP contribution < -0.4 is 14.8 Å². The molecular formula is C25H31FN2O4. The van der Waals surface area contributed by atoms with Gasteiger partial charge in [-0.1, -0.05) is 18.2 Å². The fourth-order valence-corrected chi connectivity index (χ4v) is 4.64. The van der Waals surface area contributed by atoms with Gasteiger partial charge in [0.15, 0.2) is 0 Å². The van der Waals surface area contributed by atoms with E-state index in [1.807, 2.05) is 12.1 Å². The number of methoxy groups -OCH3 is 2. The first-order chi connectivity index (χ1) is 15.5. The topological polar surface area (TPSA) is 60.0 Å². The van der Waals surface area contributed by atoms with Crippen molar-refractivity contribution in [1.29, 1.82) is 0 Å². The van der Waals surface area contributed by atoms with Crippen LogP contribution in [0.15, 0.2) is 42.5 Å². The Balaban J connectivity index is 1.26. The molecule has 0 saturated carbocycles. The predicted molar refractivity (Wildman–Crippen MR) is 120 cm³/mol. The van der Waals surface area contributed by atoms with Crippen LogP contribution in [-0.2, 0) is 11.3 Å². The lowest BCUT2D eigenvalue weighted by atomic mass is 9.88. The molecule has 1 spiro atoms. The first kappa shape index (κ1) is 22.6. The Morgan fingerprint density at radius 3 is 2.47 bits per heavy atom. The van der Waals surface area contributed by atoms with E-state index < -0.39 is 0 Å². The van der Waals surface area contributed by atoms with Crippen molar-refractivity contribution in [3.63, 3.8) is 0 Å². The molecule has 2 aromatic rings. The number of carbonyl (C=O) groups is 1. The Morgan fingerprint density at radius 1 is 1.12 bits per heavy atom. The van der Waals surface area contributed by atoms with Crippen LogP contribution in [0.4, 0.5) is 4.39 Å². The molecule has 2 aliphatic heterocycles. The van der Waals surface area contributed by atoms with E-state index in [-0.39, 0.29) is 23.4 Å². The van der Waals surface area contributed by atoms with Gasteiger partial charge in [0.25, 0.3) is 5.91 Å². The van der Waals surface area contributed by atoms with Crippen LogP contribution in [0, 0.1) is 5.82 Å². The molecule has 2 fully saturated rings. The summed E-state index contributed by atoms with van der Waals surface area (Å²) in [6, 6.07) is 12.1. The Kier molecular flexibility index (Phi) is 6.96. The van der Waals surface area contributed by atoms with Crippen LogP contribution in [-0.4, -0.2) is 56.4 Å². The van der Waals surface area contributed by atoms with Gasteiger partial charge in [-0.2, -0.15) is 0 Å². The summed E-state index contributed by atoms with van der Waals surface area (Å²) in [5, 5.41) is 2.99.